The second-order valence-electron chi connectivity index (χ2n) is 3.81. The van der Waals surface area contributed by atoms with Crippen LogP contribution in [-0.4, -0.2) is 29.9 Å². The predicted molar refractivity (Wildman–Crippen MR) is 74.9 cm³/mol. The highest BCUT2D eigenvalue weighted by Crippen LogP contribution is 2.14. The average Bonchev–Trinajstić information content (AvgIpc) is 2.64. The van der Waals surface area contributed by atoms with Crippen LogP contribution >= 0.6 is 35.0 Å². The van der Waals surface area contributed by atoms with Gasteiger partial charge in [0, 0.05) is 28.3 Å². The lowest BCUT2D eigenvalue weighted by atomic mass is 10.2. The normalized spacial score (nSPS) is 19.4. The Hall–Kier alpha value is -0.330. The lowest BCUT2D eigenvalue weighted by molar-refractivity contribution is 0.0791. The first-order valence-electron chi connectivity index (χ1n) is 4.97. The van der Waals surface area contributed by atoms with E-state index in [-0.39, 0.29) is 24.4 Å². The summed E-state index contributed by atoms with van der Waals surface area (Å²) in [6.07, 6.45) is 0.912. The van der Waals surface area contributed by atoms with E-state index in [0.717, 1.165) is 22.1 Å². The number of halogens is 2. The minimum absolute atomic E-state index is 0. The first kappa shape index (κ1) is 13.7. The molecule has 1 aliphatic rings. The van der Waals surface area contributed by atoms with E-state index in [4.69, 9.17) is 5.73 Å². The standard InChI is InChI=1S/C11H13IN2O.ClH/c12-9-3-1-2-8(6-9)11(15)14-5-4-10(13)7-14;/h1-3,6,10H,4-5,7,13H2;1H. The van der Waals surface area contributed by atoms with Crippen molar-refractivity contribution in [2.24, 2.45) is 5.73 Å². The Bertz CT molecular complexity index is 386. The van der Waals surface area contributed by atoms with Gasteiger partial charge in [0.2, 0.25) is 0 Å². The molecule has 0 saturated carbocycles. The topological polar surface area (TPSA) is 46.3 Å². The van der Waals surface area contributed by atoms with Crippen molar-refractivity contribution < 1.29 is 4.79 Å². The van der Waals surface area contributed by atoms with Crippen molar-refractivity contribution >= 4 is 40.9 Å². The second-order valence-corrected chi connectivity index (χ2v) is 5.06. The van der Waals surface area contributed by atoms with Crippen molar-refractivity contribution in [1.82, 2.24) is 4.90 Å². The number of carbonyl (C=O) groups excluding carboxylic acids is 1. The highest BCUT2D eigenvalue weighted by atomic mass is 127. The number of hydrogen-bond donors (Lipinski definition) is 1. The van der Waals surface area contributed by atoms with Crippen molar-refractivity contribution in [3.63, 3.8) is 0 Å². The number of nitrogens with two attached hydrogens (primary N) is 1. The Morgan fingerprint density at radius 2 is 2.25 bits per heavy atom. The minimum atomic E-state index is 0. The molecule has 5 heteroatoms. The Morgan fingerprint density at radius 1 is 1.50 bits per heavy atom. The highest BCUT2D eigenvalue weighted by molar-refractivity contribution is 14.1. The number of nitrogens with zero attached hydrogens (tertiary/aromatic N) is 1. The third-order valence-corrected chi connectivity index (χ3v) is 3.25. The van der Waals surface area contributed by atoms with Crippen LogP contribution in [0.3, 0.4) is 0 Å². The van der Waals surface area contributed by atoms with E-state index in [1.165, 1.54) is 0 Å². The van der Waals surface area contributed by atoms with Crippen LogP contribution in [0.5, 0.6) is 0 Å². The van der Waals surface area contributed by atoms with Crippen LogP contribution in [-0.2, 0) is 0 Å². The second kappa shape index (κ2) is 5.84. The average molecular weight is 353 g/mol. The van der Waals surface area contributed by atoms with Gasteiger partial charge in [-0.1, -0.05) is 6.07 Å². The summed E-state index contributed by atoms with van der Waals surface area (Å²) in [7, 11) is 0. The number of carbonyl (C=O) groups is 1. The van der Waals surface area contributed by atoms with Crippen molar-refractivity contribution in [1.29, 1.82) is 0 Å². The van der Waals surface area contributed by atoms with Crippen molar-refractivity contribution in [2.75, 3.05) is 13.1 Å². The smallest absolute Gasteiger partial charge is 0.253 e. The van der Waals surface area contributed by atoms with E-state index in [9.17, 15) is 4.79 Å². The lowest BCUT2D eigenvalue weighted by Crippen LogP contribution is -2.31. The zero-order valence-electron chi connectivity index (χ0n) is 8.73. The van der Waals surface area contributed by atoms with Gasteiger partial charge in [0.25, 0.3) is 5.91 Å². The third kappa shape index (κ3) is 3.09. The molecule has 1 unspecified atom stereocenters. The zero-order chi connectivity index (χ0) is 10.8. The van der Waals surface area contributed by atoms with Gasteiger partial charge in [0.05, 0.1) is 0 Å². The van der Waals surface area contributed by atoms with Crippen molar-refractivity contribution in [3.8, 4) is 0 Å². The first-order chi connectivity index (χ1) is 7.16. The summed E-state index contributed by atoms with van der Waals surface area (Å²) >= 11 is 2.21. The predicted octanol–water partition coefficient (Wildman–Crippen LogP) is 1.89. The molecule has 3 nitrogen and oxygen atoms in total. The minimum Gasteiger partial charge on any atom is -0.337 e. The summed E-state index contributed by atoms with van der Waals surface area (Å²) in [6.45, 7) is 1.47. The van der Waals surface area contributed by atoms with E-state index in [1.807, 2.05) is 29.2 Å². The summed E-state index contributed by atoms with van der Waals surface area (Å²) in [4.78, 5) is 13.8. The summed E-state index contributed by atoms with van der Waals surface area (Å²) in [5.74, 6) is 0.0986. The first-order valence-corrected chi connectivity index (χ1v) is 6.05. The summed E-state index contributed by atoms with van der Waals surface area (Å²) < 4.78 is 1.09. The molecule has 1 heterocycles. The fourth-order valence-electron chi connectivity index (χ4n) is 1.78. The zero-order valence-corrected chi connectivity index (χ0v) is 11.7. The molecular formula is C11H14ClIN2O. The van der Waals surface area contributed by atoms with Gasteiger partial charge in [0.1, 0.15) is 0 Å². The van der Waals surface area contributed by atoms with Gasteiger partial charge < -0.3 is 10.6 Å². The molecule has 1 aromatic carbocycles. The van der Waals surface area contributed by atoms with E-state index in [0.29, 0.717) is 6.54 Å². The van der Waals surface area contributed by atoms with Crippen LogP contribution < -0.4 is 5.73 Å². The molecule has 2 N–H and O–H groups in total. The van der Waals surface area contributed by atoms with Gasteiger partial charge in [-0.25, -0.2) is 0 Å². The summed E-state index contributed by atoms with van der Waals surface area (Å²) in [6, 6.07) is 7.80. The molecule has 0 aromatic heterocycles. The van der Waals surface area contributed by atoms with Crippen LogP contribution in [0.1, 0.15) is 16.8 Å². The van der Waals surface area contributed by atoms with Gasteiger partial charge in [0.15, 0.2) is 0 Å². The molecule has 88 valence electrons. The van der Waals surface area contributed by atoms with Gasteiger partial charge in [-0.15, -0.1) is 12.4 Å². The van der Waals surface area contributed by atoms with Crippen LogP contribution in [0.2, 0.25) is 0 Å². The molecule has 0 spiro atoms. The summed E-state index contributed by atoms with van der Waals surface area (Å²) in [5, 5.41) is 0. The van der Waals surface area contributed by atoms with E-state index in [2.05, 4.69) is 22.6 Å². The Kier molecular flexibility index (Phi) is 5.01. The number of likely N-dealkylation sites (tertiary alicyclic amines) is 1. The molecule has 0 bridgehead atoms. The van der Waals surface area contributed by atoms with Crippen LogP contribution in [0.15, 0.2) is 24.3 Å². The molecule has 1 saturated heterocycles. The number of rotatable bonds is 1. The molecule has 2 rings (SSSR count). The maximum atomic E-state index is 12.0. The Labute approximate surface area is 115 Å². The molecule has 1 atom stereocenters. The Balaban J connectivity index is 0.00000128. The monoisotopic (exact) mass is 352 g/mol. The third-order valence-electron chi connectivity index (χ3n) is 2.58. The molecule has 1 fully saturated rings. The molecule has 1 aromatic rings. The number of benzene rings is 1. The maximum Gasteiger partial charge on any atom is 0.253 e. The van der Waals surface area contributed by atoms with Crippen molar-refractivity contribution in [2.45, 2.75) is 12.5 Å². The number of hydrogen-bond acceptors (Lipinski definition) is 2. The summed E-state index contributed by atoms with van der Waals surface area (Å²) in [5.41, 5.74) is 6.54. The van der Waals surface area contributed by atoms with Gasteiger partial charge in [-0.05, 0) is 47.2 Å². The van der Waals surface area contributed by atoms with Gasteiger partial charge in [-0.2, -0.15) is 0 Å². The van der Waals surface area contributed by atoms with Gasteiger partial charge in [-0.3, -0.25) is 4.79 Å². The molecule has 1 amide bonds. The Morgan fingerprint density at radius 3 is 2.81 bits per heavy atom. The molecule has 0 aliphatic carbocycles. The molecule has 16 heavy (non-hydrogen) atoms. The maximum absolute atomic E-state index is 12.0. The molecular weight excluding hydrogens is 338 g/mol. The van der Waals surface area contributed by atoms with Crippen molar-refractivity contribution in [3.05, 3.63) is 33.4 Å². The van der Waals surface area contributed by atoms with Gasteiger partial charge >= 0.3 is 0 Å². The van der Waals surface area contributed by atoms with E-state index < -0.39 is 0 Å². The highest BCUT2D eigenvalue weighted by Gasteiger charge is 2.24. The van der Waals surface area contributed by atoms with Crippen LogP contribution in [0, 0.1) is 3.57 Å². The quantitative estimate of drug-likeness (QED) is 0.785. The fraction of sp³-hybridized carbons (Fsp3) is 0.364. The number of amides is 1. The molecule has 1 aliphatic heterocycles. The van der Waals surface area contributed by atoms with Crippen LogP contribution in [0.4, 0.5) is 0 Å². The van der Waals surface area contributed by atoms with Crippen LogP contribution in [0.25, 0.3) is 0 Å². The van der Waals surface area contributed by atoms with E-state index >= 15 is 0 Å². The SMILES string of the molecule is Cl.NC1CCN(C(=O)c2cccc(I)c2)C1. The lowest BCUT2D eigenvalue weighted by Gasteiger charge is -2.15. The largest absolute Gasteiger partial charge is 0.337 e. The fourth-order valence-corrected chi connectivity index (χ4v) is 2.32. The molecule has 0 radical (unpaired) electrons. The van der Waals surface area contributed by atoms with E-state index in [1.54, 1.807) is 0 Å².